The van der Waals surface area contributed by atoms with Crippen LogP contribution >= 0.6 is 0 Å². The Morgan fingerprint density at radius 3 is 2.29 bits per heavy atom. The molecule has 1 amide bonds. The summed E-state index contributed by atoms with van der Waals surface area (Å²) in [6, 6.07) is 12.0. The Morgan fingerprint density at radius 2 is 1.69 bits per heavy atom. The molecule has 0 bridgehead atoms. The smallest absolute Gasteiger partial charge is 0.291 e. The highest BCUT2D eigenvalue weighted by atomic mass is 32.2. The largest absolute Gasteiger partial charge is 0.379 e. The molecule has 3 atom stereocenters. The number of nitrogens with zero attached hydrogens (tertiary/aromatic N) is 2. The van der Waals surface area contributed by atoms with Crippen LogP contribution in [0.5, 0.6) is 0 Å². The molecule has 1 saturated carbocycles. The standard InChI is InChI=1S/C26H30N2O6S/c1-5-27(6-2)25(31)24(30)26-20-9-7-8-10-21(20)28(22(26)15-18(29)16-23(26)34-4)35(32,33)19-13-11-17(3)12-14-19/h7-14,22-23H,5-6,15-16H2,1-4H3/t22-,23+,26+/m0/s1. The SMILES string of the molecule is CCN(CC)C(=O)C(=O)[C@]12c3ccccc3N(S(=O)(=O)c3ccc(C)cc3)[C@H]1CC(=O)C[C@H]2OC. The first kappa shape index (κ1) is 25.1. The number of benzene rings is 2. The molecule has 186 valence electrons. The van der Waals surface area contributed by atoms with E-state index < -0.39 is 39.3 Å². The number of rotatable bonds is 7. The van der Waals surface area contributed by atoms with Crippen molar-refractivity contribution >= 4 is 33.2 Å². The molecule has 8 nitrogen and oxygen atoms in total. The van der Waals surface area contributed by atoms with Crippen molar-refractivity contribution in [2.45, 2.75) is 56.1 Å². The fourth-order valence-corrected chi connectivity index (χ4v) is 7.19. The van der Waals surface area contributed by atoms with Gasteiger partial charge in [-0.15, -0.1) is 0 Å². The maximum Gasteiger partial charge on any atom is 0.291 e. The lowest BCUT2D eigenvalue weighted by atomic mass is 9.63. The van der Waals surface area contributed by atoms with Gasteiger partial charge in [-0.05, 0) is 44.5 Å². The maximum atomic E-state index is 14.1. The second kappa shape index (κ2) is 9.20. The van der Waals surface area contributed by atoms with E-state index in [2.05, 4.69) is 0 Å². The summed E-state index contributed by atoms with van der Waals surface area (Å²) in [6.07, 6.45) is -1.27. The van der Waals surface area contributed by atoms with Gasteiger partial charge >= 0.3 is 0 Å². The van der Waals surface area contributed by atoms with Crippen molar-refractivity contribution < 1.29 is 27.5 Å². The van der Waals surface area contributed by atoms with E-state index in [-0.39, 0.29) is 29.2 Å². The van der Waals surface area contributed by atoms with Crippen molar-refractivity contribution in [3.63, 3.8) is 0 Å². The Kier molecular flexibility index (Phi) is 6.59. The highest BCUT2D eigenvalue weighted by molar-refractivity contribution is 7.93. The molecule has 0 spiro atoms. The van der Waals surface area contributed by atoms with E-state index >= 15 is 0 Å². The molecule has 0 radical (unpaired) electrons. The Hall–Kier alpha value is -3.04. The third-order valence-electron chi connectivity index (χ3n) is 7.22. The van der Waals surface area contributed by atoms with Gasteiger partial charge in [-0.25, -0.2) is 8.42 Å². The van der Waals surface area contributed by atoms with Crippen LogP contribution in [0.1, 0.15) is 37.8 Å². The number of hydrogen-bond donors (Lipinski definition) is 0. The van der Waals surface area contributed by atoms with E-state index in [1.807, 2.05) is 6.92 Å². The number of para-hydroxylation sites is 1. The lowest BCUT2D eigenvalue weighted by molar-refractivity contribution is -0.153. The predicted octanol–water partition coefficient (Wildman–Crippen LogP) is 2.63. The molecular weight excluding hydrogens is 468 g/mol. The lowest BCUT2D eigenvalue weighted by Crippen LogP contribution is -2.65. The fraction of sp³-hybridized carbons (Fsp3) is 0.423. The minimum absolute atomic E-state index is 0.0446. The summed E-state index contributed by atoms with van der Waals surface area (Å²) in [7, 11) is -2.79. The van der Waals surface area contributed by atoms with Crippen molar-refractivity contribution in [3.8, 4) is 0 Å². The van der Waals surface area contributed by atoms with E-state index in [4.69, 9.17) is 4.74 Å². The summed E-state index contributed by atoms with van der Waals surface area (Å²) in [5, 5.41) is 0. The fourth-order valence-electron chi connectivity index (χ4n) is 5.49. The molecular formula is C26H30N2O6S. The molecule has 2 aromatic carbocycles. The molecule has 1 fully saturated rings. The number of fused-ring (bicyclic) bond motifs is 3. The molecule has 35 heavy (non-hydrogen) atoms. The number of anilines is 1. The first-order valence-electron chi connectivity index (χ1n) is 11.7. The number of hydrogen-bond acceptors (Lipinski definition) is 6. The van der Waals surface area contributed by atoms with Gasteiger partial charge in [0.05, 0.1) is 22.7 Å². The molecule has 0 N–H and O–H groups in total. The molecule has 0 aromatic heterocycles. The Labute approximate surface area is 205 Å². The number of carbonyl (C=O) groups excluding carboxylic acids is 3. The minimum Gasteiger partial charge on any atom is -0.379 e. The van der Waals surface area contributed by atoms with Crippen LogP contribution in [0.2, 0.25) is 0 Å². The summed E-state index contributed by atoms with van der Waals surface area (Å²) in [6.45, 7) is 6.06. The number of ketones is 2. The van der Waals surface area contributed by atoms with E-state index in [0.717, 1.165) is 5.56 Å². The van der Waals surface area contributed by atoms with Crippen molar-refractivity contribution in [3.05, 3.63) is 59.7 Å². The molecule has 2 aliphatic rings. The second-order valence-electron chi connectivity index (χ2n) is 8.99. The Bertz CT molecular complexity index is 1270. The van der Waals surface area contributed by atoms with Crippen LogP contribution < -0.4 is 4.31 Å². The number of methoxy groups -OCH3 is 1. The summed E-state index contributed by atoms with van der Waals surface area (Å²) in [4.78, 5) is 41.9. The maximum absolute atomic E-state index is 14.1. The quantitative estimate of drug-likeness (QED) is 0.544. The zero-order chi connectivity index (χ0) is 25.5. The van der Waals surface area contributed by atoms with Crippen molar-refractivity contribution in [2.24, 2.45) is 0 Å². The molecule has 0 saturated heterocycles. The van der Waals surface area contributed by atoms with Crippen molar-refractivity contribution in [2.75, 3.05) is 24.5 Å². The van der Waals surface area contributed by atoms with Gasteiger partial charge in [0, 0.05) is 33.0 Å². The van der Waals surface area contributed by atoms with E-state index in [0.29, 0.717) is 18.7 Å². The van der Waals surface area contributed by atoms with Crippen LogP contribution in [0.15, 0.2) is 53.4 Å². The third-order valence-corrected chi connectivity index (χ3v) is 9.06. The van der Waals surface area contributed by atoms with Crippen LogP contribution in [0.4, 0.5) is 5.69 Å². The number of ether oxygens (including phenoxy) is 1. The van der Waals surface area contributed by atoms with Crippen LogP contribution in [0, 0.1) is 6.92 Å². The van der Waals surface area contributed by atoms with Crippen molar-refractivity contribution in [1.82, 2.24) is 4.90 Å². The molecule has 1 heterocycles. The Balaban J connectivity index is 2.00. The molecule has 4 rings (SSSR count). The number of likely N-dealkylation sites (N-methyl/N-ethyl adjacent to an activating group) is 1. The summed E-state index contributed by atoms with van der Waals surface area (Å²) in [5.74, 6) is -1.68. The highest BCUT2D eigenvalue weighted by Gasteiger charge is 2.67. The number of Topliss-reactive ketones (excluding diaryl/α,β-unsaturated/α-hetero) is 2. The van der Waals surface area contributed by atoms with Crippen molar-refractivity contribution in [1.29, 1.82) is 0 Å². The van der Waals surface area contributed by atoms with E-state index in [1.54, 1.807) is 50.2 Å². The van der Waals surface area contributed by atoms with Gasteiger partial charge < -0.3 is 9.64 Å². The number of sulfonamides is 1. The normalized spacial score (nSPS) is 23.5. The summed E-state index contributed by atoms with van der Waals surface area (Å²) >= 11 is 0. The lowest BCUT2D eigenvalue weighted by Gasteiger charge is -2.45. The van der Waals surface area contributed by atoms with Crippen LogP contribution in [-0.4, -0.2) is 63.1 Å². The van der Waals surface area contributed by atoms with Gasteiger partial charge in [0.2, 0.25) is 5.78 Å². The van der Waals surface area contributed by atoms with Gasteiger partial charge in [0.15, 0.2) is 0 Å². The van der Waals surface area contributed by atoms with Gasteiger partial charge in [-0.2, -0.15) is 0 Å². The van der Waals surface area contributed by atoms with Crippen LogP contribution in [0.3, 0.4) is 0 Å². The third kappa shape index (κ3) is 3.68. The predicted molar refractivity (Wildman–Crippen MR) is 131 cm³/mol. The summed E-state index contributed by atoms with van der Waals surface area (Å²) in [5.41, 5.74) is -0.0649. The van der Waals surface area contributed by atoms with Gasteiger partial charge in [-0.1, -0.05) is 35.9 Å². The first-order valence-corrected chi connectivity index (χ1v) is 13.2. The monoisotopic (exact) mass is 498 g/mol. The van der Waals surface area contributed by atoms with Crippen LogP contribution in [0.25, 0.3) is 0 Å². The number of aryl methyl sites for hydroxylation is 1. The average Bonchev–Trinajstić information content (AvgIpc) is 3.15. The zero-order valence-electron chi connectivity index (χ0n) is 20.4. The first-order chi connectivity index (χ1) is 16.6. The molecule has 0 unspecified atom stereocenters. The zero-order valence-corrected chi connectivity index (χ0v) is 21.2. The molecule has 1 aliphatic heterocycles. The Morgan fingerprint density at radius 1 is 1.06 bits per heavy atom. The topological polar surface area (TPSA) is 101 Å². The van der Waals surface area contributed by atoms with Gasteiger partial charge in [0.25, 0.3) is 15.9 Å². The second-order valence-corrected chi connectivity index (χ2v) is 10.8. The van der Waals surface area contributed by atoms with E-state index in [9.17, 15) is 22.8 Å². The molecule has 1 aliphatic carbocycles. The molecule has 2 aromatic rings. The highest BCUT2D eigenvalue weighted by Crippen LogP contribution is 2.54. The number of carbonyl (C=O) groups is 3. The van der Waals surface area contributed by atoms with E-state index in [1.165, 1.54) is 28.4 Å². The molecule has 9 heteroatoms. The summed E-state index contributed by atoms with van der Waals surface area (Å²) < 4.78 is 34.9. The number of amides is 1. The average molecular weight is 499 g/mol. The van der Waals surface area contributed by atoms with Gasteiger partial charge in [0.1, 0.15) is 11.2 Å². The minimum atomic E-state index is -4.17. The van der Waals surface area contributed by atoms with Crippen LogP contribution in [-0.2, 0) is 34.6 Å². The van der Waals surface area contributed by atoms with Gasteiger partial charge in [-0.3, -0.25) is 18.7 Å².